The first-order valence-corrected chi connectivity index (χ1v) is 7.68. The highest BCUT2D eigenvalue weighted by Crippen LogP contribution is 2.25. The molecule has 1 heterocycles. The average molecular weight is 311 g/mol. The molecule has 0 spiro atoms. The summed E-state index contributed by atoms with van der Waals surface area (Å²) in [4.78, 5) is 0. The molecule has 2 rings (SSSR count). The predicted molar refractivity (Wildman–Crippen MR) is 87.0 cm³/mol. The maximum absolute atomic E-state index is 6.12. The zero-order chi connectivity index (χ0) is 15.1. The minimum Gasteiger partial charge on any atom is -0.382 e. The fourth-order valence-corrected chi connectivity index (χ4v) is 2.63. The smallest absolute Gasteiger partial charge is 0.0700 e. The number of halogens is 1. The summed E-state index contributed by atoms with van der Waals surface area (Å²) >= 11 is 6.12. The van der Waals surface area contributed by atoms with Gasteiger partial charge >= 0.3 is 0 Å². The Morgan fingerprint density at radius 2 is 2.10 bits per heavy atom. The molecule has 0 aliphatic carbocycles. The summed E-state index contributed by atoms with van der Waals surface area (Å²) in [5, 5.41) is 2.00. The molecule has 0 amide bonds. The molecular formula is C16H23ClN2O2. The summed E-state index contributed by atoms with van der Waals surface area (Å²) in [6.45, 7) is 3.59. The first-order chi connectivity index (χ1) is 10.3. The van der Waals surface area contributed by atoms with Crippen LogP contribution in [0.15, 0.2) is 24.4 Å². The Morgan fingerprint density at radius 3 is 2.86 bits per heavy atom. The average Bonchev–Trinajstić information content (AvgIpc) is 2.81. The maximum Gasteiger partial charge on any atom is 0.0700 e. The summed E-state index contributed by atoms with van der Waals surface area (Å²) in [6.07, 6.45) is 4.03. The topological polar surface area (TPSA) is 49.4 Å². The summed E-state index contributed by atoms with van der Waals surface area (Å²) in [5.41, 5.74) is 8.14. The lowest BCUT2D eigenvalue weighted by Gasteiger charge is -2.06. The molecule has 21 heavy (non-hydrogen) atoms. The SMILES string of the molecule is COCCOCCCn1cc(CCN)c2ccc(Cl)cc21. The van der Waals surface area contributed by atoms with Crippen LogP contribution in [0, 0.1) is 0 Å². The zero-order valence-corrected chi connectivity index (χ0v) is 13.2. The molecular weight excluding hydrogens is 288 g/mol. The summed E-state index contributed by atoms with van der Waals surface area (Å²) in [5.74, 6) is 0. The molecule has 5 heteroatoms. The van der Waals surface area contributed by atoms with Gasteiger partial charge in [0.25, 0.3) is 0 Å². The fourth-order valence-electron chi connectivity index (χ4n) is 2.46. The number of fused-ring (bicyclic) bond motifs is 1. The van der Waals surface area contributed by atoms with Crippen LogP contribution in [0.5, 0.6) is 0 Å². The highest BCUT2D eigenvalue weighted by atomic mass is 35.5. The van der Waals surface area contributed by atoms with Crippen LogP contribution in [0.25, 0.3) is 10.9 Å². The third-order valence-corrected chi connectivity index (χ3v) is 3.70. The van der Waals surface area contributed by atoms with Crippen LogP contribution in [-0.4, -0.2) is 38.0 Å². The van der Waals surface area contributed by atoms with Gasteiger partial charge < -0.3 is 19.8 Å². The third-order valence-electron chi connectivity index (χ3n) is 3.46. The molecule has 0 saturated heterocycles. The fraction of sp³-hybridized carbons (Fsp3) is 0.500. The minimum atomic E-state index is 0.642. The molecule has 0 saturated carbocycles. The van der Waals surface area contributed by atoms with Crippen LogP contribution in [0.2, 0.25) is 5.02 Å². The van der Waals surface area contributed by atoms with Crippen LogP contribution in [0.4, 0.5) is 0 Å². The lowest BCUT2D eigenvalue weighted by atomic mass is 10.1. The van der Waals surface area contributed by atoms with Crippen molar-refractivity contribution in [1.29, 1.82) is 0 Å². The number of ether oxygens (including phenoxy) is 2. The van der Waals surface area contributed by atoms with Crippen LogP contribution >= 0.6 is 11.6 Å². The first-order valence-electron chi connectivity index (χ1n) is 7.30. The lowest BCUT2D eigenvalue weighted by molar-refractivity contribution is 0.0681. The molecule has 4 nitrogen and oxygen atoms in total. The second kappa shape index (κ2) is 8.39. The zero-order valence-electron chi connectivity index (χ0n) is 12.5. The summed E-state index contributed by atoms with van der Waals surface area (Å²) < 4.78 is 12.7. The Balaban J connectivity index is 2.03. The van der Waals surface area contributed by atoms with E-state index in [1.807, 2.05) is 12.1 Å². The Labute approximate surface area is 130 Å². The number of methoxy groups -OCH3 is 1. The molecule has 1 aromatic carbocycles. The van der Waals surface area contributed by atoms with Crippen molar-refractivity contribution in [3.63, 3.8) is 0 Å². The number of aryl methyl sites for hydroxylation is 1. The second-order valence-corrected chi connectivity index (χ2v) is 5.44. The van der Waals surface area contributed by atoms with Gasteiger partial charge in [0.15, 0.2) is 0 Å². The molecule has 0 unspecified atom stereocenters. The van der Waals surface area contributed by atoms with Crippen LogP contribution < -0.4 is 5.73 Å². The highest BCUT2D eigenvalue weighted by Gasteiger charge is 2.08. The van der Waals surface area contributed by atoms with Crippen molar-refractivity contribution in [2.45, 2.75) is 19.4 Å². The quantitative estimate of drug-likeness (QED) is 0.725. The number of nitrogens with zero attached hydrogens (tertiary/aromatic N) is 1. The first kappa shape index (κ1) is 16.3. The van der Waals surface area contributed by atoms with Crippen LogP contribution in [-0.2, 0) is 22.4 Å². The van der Waals surface area contributed by atoms with E-state index in [0.29, 0.717) is 19.8 Å². The molecule has 2 N–H and O–H groups in total. The Bertz CT molecular complexity index is 569. The van der Waals surface area contributed by atoms with E-state index in [2.05, 4.69) is 16.8 Å². The van der Waals surface area contributed by atoms with E-state index >= 15 is 0 Å². The summed E-state index contributed by atoms with van der Waals surface area (Å²) in [6, 6.07) is 6.03. The van der Waals surface area contributed by atoms with Gasteiger partial charge in [-0.3, -0.25) is 0 Å². The molecule has 0 bridgehead atoms. The highest BCUT2D eigenvalue weighted by molar-refractivity contribution is 6.31. The van der Waals surface area contributed by atoms with E-state index in [9.17, 15) is 0 Å². The molecule has 1 aromatic heterocycles. The van der Waals surface area contributed by atoms with Crippen LogP contribution in [0.3, 0.4) is 0 Å². The van der Waals surface area contributed by atoms with Gasteiger partial charge in [0.05, 0.1) is 13.2 Å². The van der Waals surface area contributed by atoms with E-state index in [1.54, 1.807) is 7.11 Å². The van der Waals surface area contributed by atoms with Gasteiger partial charge in [0.2, 0.25) is 0 Å². The number of hydrogen-bond donors (Lipinski definition) is 1. The number of aromatic nitrogens is 1. The normalized spacial score (nSPS) is 11.4. The maximum atomic E-state index is 6.12. The van der Waals surface area contributed by atoms with Gasteiger partial charge in [-0.25, -0.2) is 0 Å². The van der Waals surface area contributed by atoms with E-state index in [4.69, 9.17) is 26.8 Å². The minimum absolute atomic E-state index is 0.642. The van der Waals surface area contributed by atoms with Crippen molar-refractivity contribution >= 4 is 22.5 Å². The summed E-state index contributed by atoms with van der Waals surface area (Å²) in [7, 11) is 1.68. The second-order valence-electron chi connectivity index (χ2n) is 5.01. The molecule has 0 atom stereocenters. The van der Waals surface area contributed by atoms with E-state index < -0.39 is 0 Å². The Kier molecular flexibility index (Phi) is 6.51. The monoisotopic (exact) mass is 310 g/mol. The molecule has 2 aromatic rings. The lowest BCUT2D eigenvalue weighted by Crippen LogP contribution is -2.06. The molecule has 116 valence electrons. The third kappa shape index (κ3) is 4.45. The standard InChI is InChI=1S/C16H23ClN2O2/c1-20-9-10-21-8-2-7-19-12-13(5-6-18)15-4-3-14(17)11-16(15)19/h3-4,11-12H,2,5-10,18H2,1H3. The van der Waals surface area contributed by atoms with Crippen LogP contribution in [0.1, 0.15) is 12.0 Å². The van der Waals surface area contributed by atoms with Crippen molar-refractivity contribution in [2.75, 3.05) is 33.5 Å². The van der Waals surface area contributed by atoms with Crippen molar-refractivity contribution < 1.29 is 9.47 Å². The van der Waals surface area contributed by atoms with E-state index in [-0.39, 0.29) is 0 Å². The largest absolute Gasteiger partial charge is 0.382 e. The van der Waals surface area contributed by atoms with Gasteiger partial charge in [0, 0.05) is 42.4 Å². The predicted octanol–water partition coefficient (Wildman–Crippen LogP) is 2.85. The number of rotatable bonds is 9. The van der Waals surface area contributed by atoms with Crippen molar-refractivity contribution in [1.82, 2.24) is 4.57 Å². The molecule has 0 fully saturated rings. The van der Waals surface area contributed by atoms with Gasteiger partial charge in [-0.1, -0.05) is 17.7 Å². The molecule has 0 aliphatic rings. The Morgan fingerprint density at radius 1 is 1.24 bits per heavy atom. The molecule has 0 aliphatic heterocycles. The van der Waals surface area contributed by atoms with E-state index in [0.717, 1.165) is 31.0 Å². The number of benzene rings is 1. The van der Waals surface area contributed by atoms with Crippen molar-refractivity contribution in [3.8, 4) is 0 Å². The van der Waals surface area contributed by atoms with Crippen molar-refractivity contribution in [3.05, 3.63) is 35.0 Å². The number of nitrogens with two attached hydrogens (primary N) is 1. The van der Waals surface area contributed by atoms with Gasteiger partial charge in [-0.15, -0.1) is 0 Å². The van der Waals surface area contributed by atoms with E-state index in [1.165, 1.54) is 16.5 Å². The van der Waals surface area contributed by atoms with Gasteiger partial charge in [-0.2, -0.15) is 0 Å². The molecule has 0 radical (unpaired) electrons. The van der Waals surface area contributed by atoms with Gasteiger partial charge in [-0.05, 0) is 37.1 Å². The van der Waals surface area contributed by atoms with Gasteiger partial charge in [0.1, 0.15) is 0 Å². The number of hydrogen-bond acceptors (Lipinski definition) is 3. The Hall–Kier alpha value is -1.07. The van der Waals surface area contributed by atoms with Crippen molar-refractivity contribution in [2.24, 2.45) is 5.73 Å².